The number of ether oxygens (including phenoxy) is 3. The van der Waals surface area contributed by atoms with Gasteiger partial charge in [0.2, 0.25) is 0 Å². The highest BCUT2D eigenvalue weighted by Crippen LogP contribution is 2.67. The third-order valence-corrected chi connectivity index (χ3v) is 15.3. The van der Waals surface area contributed by atoms with E-state index in [4.69, 9.17) is 14.2 Å². The fraction of sp³-hybridized carbons (Fsp3) is 0.851. The lowest BCUT2D eigenvalue weighted by atomic mass is 9.47. The molecule has 5 rings (SSSR count). The summed E-state index contributed by atoms with van der Waals surface area (Å²) < 4.78 is 17.9. The molecular formula is C47H78O7. The van der Waals surface area contributed by atoms with Gasteiger partial charge in [0, 0.05) is 6.42 Å². The van der Waals surface area contributed by atoms with Crippen molar-refractivity contribution in [3.63, 3.8) is 0 Å². The summed E-state index contributed by atoms with van der Waals surface area (Å²) >= 11 is 0. The zero-order chi connectivity index (χ0) is 39.0. The predicted molar refractivity (Wildman–Crippen MR) is 216 cm³/mol. The van der Waals surface area contributed by atoms with Crippen LogP contribution in [0.3, 0.4) is 0 Å². The first kappa shape index (κ1) is 43.6. The third-order valence-electron chi connectivity index (χ3n) is 15.3. The number of aliphatic hydroxyl groups excluding tert-OH is 3. The normalized spacial score (nSPS) is 39.3. The van der Waals surface area contributed by atoms with Gasteiger partial charge >= 0.3 is 5.97 Å². The summed E-state index contributed by atoms with van der Waals surface area (Å²) in [6, 6.07) is 0. The first-order valence-corrected chi connectivity index (χ1v) is 22.3. The first-order chi connectivity index (χ1) is 25.8. The van der Waals surface area contributed by atoms with Gasteiger partial charge in [-0.05, 0) is 129 Å². The van der Waals surface area contributed by atoms with Crippen LogP contribution in [0.4, 0.5) is 0 Å². The maximum atomic E-state index is 12.5. The summed E-state index contributed by atoms with van der Waals surface area (Å²) in [5, 5.41) is 32.4. The number of aliphatic hydroxyl groups is 3. The van der Waals surface area contributed by atoms with E-state index < -0.39 is 30.7 Å². The molecule has 54 heavy (non-hydrogen) atoms. The van der Waals surface area contributed by atoms with Gasteiger partial charge in [0.25, 0.3) is 0 Å². The van der Waals surface area contributed by atoms with Crippen molar-refractivity contribution in [2.75, 3.05) is 6.61 Å². The molecule has 3 saturated carbocycles. The number of carbonyl (C=O) groups excluding carboxylic acids is 1. The maximum absolute atomic E-state index is 12.5. The number of esters is 1. The van der Waals surface area contributed by atoms with Crippen LogP contribution in [0.15, 0.2) is 36.0 Å². The van der Waals surface area contributed by atoms with Gasteiger partial charge in [0.05, 0.1) is 6.10 Å². The lowest BCUT2D eigenvalue weighted by Crippen LogP contribution is -2.60. The van der Waals surface area contributed by atoms with Gasteiger partial charge in [-0.2, -0.15) is 0 Å². The average molecular weight is 755 g/mol. The van der Waals surface area contributed by atoms with Crippen molar-refractivity contribution in [1.29, 1.82) is 0 Å². The Bertz CT molecular complexity index is 1270. The monoisotopic (exact) mass is 755 g/mol. The predicted octanol–water partition coefficient (Wildman–Crippen LogP) is 9.87. The van der Waals surface area contributed by atoms with Crippen molar-refractivity contribution in [2.45, 2.75) is 194 Å². The molecule has 0 aromatic heterocycles. The van der Waals surface area contributed by atoms with Crippen molar-refractivity contribution >= 4 is 5.97 Å². The van der Waals surface area contributed by atoms with E-state index in [1.807, 2.05) is 0 Å². The number of fused-ring (bicyclic) bond motifs is 5. The Balaban J connectivity index is 1.10. The number of hydrogen-bond donors (Lipinski definition) is 3. The standard InChI is InChI=1S/C47H78O7/c1-8-9-10-11-12-13-14-15-16-17-18-41(48)52-30-40-42(49)43(50)44(51)45(54-40)53-35-25-27-46(6)34(29-35)21-22-36-38-24-23-37(47(38,7)28-26-39(36)46)33(5)20-19-32(4)31(2)3/h10-11,19-21,31-33,35-40,42-45,49-51H,8-9,12-18,22-30H2,1-7H3/b11-10-,20-19+. The van der Waals surface area contributed by atoms with Crippen LogP contribution in [0, 0.1) is 52.3 Å². The Morgan fingerprint density at radius 1 is 0.889 bits per heavy atom. The largest absolute Gasteiger partial charge is 0.463 e. The summed E-state index contributed by atoms with van der Waals surface area (Å²) in [5.41, 5.74) is 2.05. The molecule has 0 aromatic rings. The van der Waals surface area contributed by atoms with E-state index in [1.165, 1.54) is 44.1 Å². The van der Waals surface area contributed by atoms with Gasteiger partial charge < -0.3 is 29.5 Å². The zero-order valence-corrected chi connectivity index (χ0v) is 35.1. The molecule has 0 radical (unpaired) electrons. The Morgan fingerprint density at radius 2 is 1.63 bits per heavy atom. The first-order valence-electron chi connectivity index (χ1n) is 22.3. The topological polar surface area (TPSA) is 105 Å². The molecule has 0 amide bonds. The van der Waals surface area contributed by atoms with E-state index in [1.54, 1.807) is 0 Å². The average Bonchev–Trinajstić information content (AvgIpc) is 3.51. The smallest absolute Gasteiger partial charge is 0.305 e. The molecule has 308 valence electrons. The van der Waals surface area contributed by atoms with Crippen LogP contribution in [0.25, 0.3) is 0 Å². The minimum Gasteiger partial charge on any atom is -0.463 e. The van der Waals surface area contributed by atoms with Gasteiger partial charge in [-0.25, -0.2) is 0 Å². The molecule has 1 saturated heterocycles. The minimum absolute atomic E-state index is 0.149. The summed E-state index contributed by atoms with van der Waals surface area (Å²) in [6.45, 7) is 16.6. The van der Waals surface area contributed by atoms with Crippen molar-refractivity contribution < 1.29 is 34.3 Å². The molecule has 4 fully saturated rings. The summed E-state index contributed by atoms with van der Waals surface area (Å²) in [4.78, 5) is 12.5. The molecule has 7 nitrogen and oxygen atoms in total. The van der Waals surface area contributed by atoms with E-state index in [-0.39, 0.29) is 24.1 Å². The second-order valence-electron chi connectivity index (χ2n) is 19.1. The third kappa shape index (κ3) is 10.1. The Labute approximate surface area is 328 Å². The van der Waals surface area contributed by atoms with Gasteiger partial charge in [0.15, 0.2) is 6.29 Å². The van der Waals surface area contributed by atoms with E-state index >= 15 is 0 Å². The number of carbonyl (C=O) groups is 1. The molecule has 0 aromatic carbocycles. The minimum atomic E-state index is -1.45. The van der Waals surface area contributed by atoms with E-state index in [0.29, 0.717) is 35.5 Å². The molecular weight excluding hydrogens is 677 g/mol. The second kappa shape index (κ2) is 19.8. The fourth-order valence-electron chi connectivity index (χ4n) is 11.4. The van der Waals surface area contributed by atoms with Gasteiger partial charge in [-0.1, -0.05) is 110 Å². The number of unbranched alkanes of at least 4 members (excludes halogenated alkanes) is 6. The fourth-order valence-corrected chi connectivity index (χ4v) is 11.4. The van der Waals surface area contributed by atoms with Gasteiger partial charge in [0.1, 0.15) is 31.0 Å². The van der Waals surface area contributed by atoms with E-state index in [0.717, 1.165) is 82.0 Å². The molecule has 5 aliphatic rings. The quantitative estimate of drug-likeness (QED) is 0.0727. The van der Waals surface area contributed by atoms with Crippen LogP contribution in [0.5, 0.6) is 0 Å². The van der Waals surface area contributed by atoms with Crippen LogP contribution in [0.2, 0.25) is 0 Å². The Kier molecular flexibility index (Phi) is 16.0. The molecule has 1 heterocycles. The number of allylic oxidation sites excluding steroid dienone is 5. The summed E-state index contributed by atoms with van der Waals surface area (Å²) in [6.07, 6.45) is 23.7. The zero-order valence-electron chi connectivity index (χ0n) is 35.1. The van der Waals surface area contributed by atoms with Crippen molar-refractivity contribution in [3.8, 4) is 0 Å². The van der Waals surface area contributed by atoms with Gasteiger partial charge in [-0.15, -0.1) is 0 Å². The highest BCUT2D eigenvalue weighted by molar-refractivity contribution is 5.69. The molecule has 14 atom stereocenters. The van der Waals surface area contributed by atoms with Crippen LogP contribution in [0.1, 0.15) is 158 Å². The SMILES string of the molecule is CCC/C=C\CCCCCCCC(=O)OCC1OC(OC2CCC3(C)C(=CCC4C3CCC3(C)C(C(C)/C=C/C(C)C(C)C)CCC43)C2)C(O)C(O)C1O. The Morgan fingerprint density at radius 3 is 2.39 bits per heavy atom. The molecule has 0 bridgehead atoms. The maximum Gasteiger partial charge on any atom is 0.305 e. The Hall–Kier alpha value is -1.51. The number of rotatable bonds is 18. The van der Waals surface area contributed by atoms with E-state index in [9.17, 15) is 20.1 Å². The molecule has 0 spiro atoms. The molecule has 4 aliphatic carbocycles. The highest BCUT2D eigenvalue weighted by atomic mass is 16.7. The molecule has 7 heteroatoms. The molecule has 1 aliphatic heterocycles. The molecule has 3 N–H and O–H groups in total. The lowest BCUT2D eigenvalue weighted by molar-refractivity contribution is -0.313. The summed E-state index contributed by atoms with van der Waals surface area (Å²) in [5.74, 6) is 4.53. The number of hydrogen-bond acceptors (Lipinski definition) is 7. The van der Waals surface area contributed by atoms with Crippen LogP contribution >= 0.6 is 0 Å². The van der Waals surface area contributed by atoms with Crippen LogP contribution in [-0.4, -0.2) is 64.7 Å². The summed E-state index contributed by atoms with van der Waals surface area (Å²) in [7, 11) is 0. The van der Waals surface area contributed by atoms with Crippen molar-refractivity contribution in [1.82, 2.24) is 0 Å². The lowest BCUT2D eigenvalue weighted by Gasteiger charge is -2.58. The van der Waals surface area contributed by atoms with Crippen LogP contribution < -0.4 is 0 Å². The molecule has 14 unspecified atom stereocenters. The highest BCUT2D eigenvalue weighted by Gasteiger charge is 2.59. The second-order valence-corrected chi connectivity index (χ2v) is 19.1. The van der Waals surface area contributed by atoms with Crippen molar-refractivity contribution in [3.05, 3.63) is 36.0 Å². The van der Waals surface area contributed by atoms with Crippen molar-refractivity contribution in [2.24, 2.45) is 52.3 Å². The van der Waals surface area contributed by atoms with Crippen LogP contribution in [-0.2, 0) is 19.0 Å². The van der Waals surface area contributed by atoms with Gasteiger partial charge in [-0.3, -0.25) is 4.79 Å². The van der Waals surface area contributed by atoms with E-state index in [2.05, 4.69) is 78.8 Å².